The zero-order valence-electron chi connectivity index (χ0n) is 9.03. The Morgan fingerprint density at radius 1 is 1.47 bits per heavy atom. The van der Waals surface area contributed by atoms with Crippen LogP contribution >= 0.6 is 0 Å². The summed E-state index contributed by atoms with van der Waals surface area (Å²) in [5, 5.41) is 19.1. The van der Waals surface area contributed by atoms with Crippen molar-refractivity contribution in [2.45, 2.75) is 38.9 Å². The number of fused-ring (bicyclic) bond motifs is 1. The minimum absolute atomic E-state index is 0.220. The number of benzene rings is 1. The van der Waals surface area contributed by atoms with Crippen molar-refractivity contribution in [1.82, 2.24) is 0 Å². The minimum atomic E-state index is -0.747. The Bertz CT molecular complexity index is 373. The monoisotopic (exact) mass is 208 g/mol. The summed E-state index contributed by atoms with van der Waals surface area (Å²) in [5.41, 5.74) is 1.81. The van der Waals surface area contributed by atoms with Crippen molar-refractivity contribution < 1.29 is 14.9 Å². The average Bonchev–Trinajstić information content (AvgIpc) is 2.23. The van der Waals surface area contributed by atoms with E-state index in [2.05, 4.69) is 6.92 Å². The lowest BCUT2D eigenvalue weighted by Crippen LogP contribution is -2.25. The molecule has 2 rings (SSSR count). The molecule has 82 valence electrons. The Morgan fingerprint density at radius 3 is 2.87 bits per heavy atom. The maximum Gasteiger partial charge on any atom is 0.197 e. The van der Waals surface area contributed by atoms with Crippen molar-refractivity contribution in [1.29, 1.82) is 0 Å². The molecule has 1 aliphatic heterocycles. The van der Waals surface area contributed by atoms with Gasteiger partial charge in [-0.3, -0.25) is 0 Å². The van der Waals surface area contributed by atoms with E-state index in [9.17, 15) is 10.2 Å². The predicted molar refractivity (Wildman–Crippen MR) is 57.1 cm³/mol. The second kappa shape index (κ2) is 3.74. The Labute approximate surface area is 89.3 Å². The van der Waals surface area contributed by atoms with Crippen LogP contribution in [-0.4, -0.2) is 16.5 Å². The highest BCUT2D eigenvalue weighted by molar-refractivity contribution is 5.50. The van der Waals surface area contributed by atoms with Gasteiger partial charge in [-0.25, -0.2) is 0 Å². The number of rotatable bonds is 1. The van der Waals surface area contributed by atoms with Crippen LogP contribution in [0.1, 0.15) is 36.8 Å². The Kier molecular flexibility index (Phi) is 2.57. The van der Waals surface area contributed by atoms with Gasteiger partial charge in [-0.2, -0.15) is 0 Å². The zero-order chi connectivity index (χ0) is 11.0. The van der Waals surface area contributed by atoms with Crippen molar-refractivity contribution in [3.05, 3.63) is 23.3 Å². The van der Waals surface area contributed by atoms with E-state index in [1.165, 1.54) is 0 Å². The zero-order valence-corrected chi connectivity index (χ0v) is 9.03. The van der Waals surface area contributed by atoms with Gasteiger partial charge in [0.1, 0.15) is 11.5 Å². The van der Waals surface area contributed by atoms with Gasteiger partial charge in [0.15, 0.2) is 6.29 Å². The predicted octanol–water partition coefficient (Wildman–Crippen LogP) is 2.30. The number of hydrogen-bond acceptors (Lipinski definition) is 3. The van der Waals surface area contributed by atoms with Gasteiger partial charge >= 0.3 is 0 Å². The second-order valence-electron chi connectivity index (χ2n) is 4.04. The van der Waals surface area contributed by atoms with Crippen LogP contribution in [0.4, 0.5) is 0 Å². The lowest BCUT2D eigenvalue weighted by molar-refractivity contribution is -0.0399. The molecule has 15 heavy (non-hydrogen) atoms. The highest BCUT2D eigenvalue weighted by Crippen LogP contribution is 2.42. The maximum atomic E-state index is 9.57. The molecule has 0 bridgehead atoms. The molecule has 0 spiro atoms. The van der Waals surface area contributed by atoms with Gasteiger partial charge in [0.05, 0.1) is 0 Å². The highest BCUT2D eigenvalue weighted by atomic mass is 16.6. The molecule has 3 nitrogen and oxygen atoms in total. The third kappa shape index (κ3) is 1.67. The standard InChI is InChI=1S/C12H16O3/c1-3-8-6-11(14)15-12-7(2)10(13)5-4-9(8)12/h4-5,8,11,13-14H,3,6H2,1-2H3/t8-,11-/m1/s1. The first-order valence-electron chi connectivity index (χ1n) is 5.30. The number of aliphatic hydroxyl groups excluding tert-OH is 1. The van der Waals surface area contributed by atoms with E-state index in [4.69, 9.17) is 4.74 Å². The lowest BCUT2D eigenvalue weighted by atomic mass is 9.89. The number of phenols is 1. The number of phenolic OH excluding ortho intramolecular Hbond substituents is 1. The van der Waals surface area contributed by atoms with Gasteiger partial charge in [0.2, 0.25) is 0 Å². The first-order chi connectivity index (χ1) is 7.13. The molecule has 0 saturated heterocycles. The van der Waals surface area contributed by atoms with E-state index in [1.54, 1.807) is 13.0 Å². The van der Waals surface area contributed by atoms with Crippen molar-refractivity contribution in [2.24, 2.45) is 0 Å². The molecule has 0 unspecified atom stereocenters. The van der Waals surface area contributed by atoms with Crippen LogP contribution in [0.5, 0.6) is 11.5 Å². The third-order valence-electron chi connectivity index (χ3n) is 3.08. The van der Waals surface area contributed by atoms with Gasteiger partial charge < -0.3 is 14.9 Å². The molecule has 2 atom stereocenters. The first kappa shape index (κ1) is 10.3. The Hall–Kier alpha value is -1.22. The molecule has 1 aromatic carbocycles. The lowest BCUT2D eigenvalue weighted by Gasteiger charge is -2.30. The van der Waals surface area contributed by atoms with Crippen LogP contribution in [0.3, 0.4) is 0 Å². The highest BCUT2D eigenvalue weighted by Gasteiger charge is 2.27. The van der Waals surface area contributed by atoms with E-state index in [0.717, 1.165) is 12.0 Å². The first-order valence-corrected chi connectivity index (χ1v) is 5.30. The SMILES string of the molecule is CC[C@@H]1C[C@H](O)Oc2c1ccc(O)c2C. The maximum absolute atomic E-state index is 9.57. The van der Waals surface area contributed by atoms with Crippen molar-refractivity contribution in [3.63, 3.8) is 0 Å². The number of aliphatic hydroxyl groups is 1. The van der Waals surface area contributed by atoms with Crippen LogP contribution in [-0.2, 0) is 0 Å². The van der Waals surface area contributed by atoms with Crippen molar-refractivity contribution in [3.8, 4) is 11.5 Å². The summed E-state index contributed by atoms with van der Waals surface area (Å²) in [7, 11) is 0. The summed E-state index contributed by atoms with van der Waals surface area (Å²) < 4.78 is 5.37. The molecule has 0 fully saturated rings. The molecule has 1 heterocycles. The van der Waals surface area contributed by atoms with Gasteiger partial charge in [-0.1, -0.05) is 13.0 Å². The van der Waals surface area contributed by atoms with Gasteiger partial charge in [0, 0.05) is 12.0 Å². The molecular formula is C12H16O3. The molecule has 0 aliphatic carbocycles. The fraction of sp³-hybridized carbons (Fsp3) is 0.500. The van der Waals surface area contributed by atoms with E-state index < -0.39 is 6.29 Å². The summed E-state index contributed by atoms with van der Waals surface area (Å²) in [6.45, 7) is 3.90. The molecule has 0 radical (unpaired) electrons. The van der Waals surface area contributed by atoms with Crippen molar-refractivity contribution >= 4 is 0 Å². The third-order valence-corrected chi connectivity index (χ3v) is 3.08. The molecule has 0 aromatic heterocycles. The van der Waals surface area contributed by atoms with Crippen LogP contribution < -0.4 is 4.74 Å². The summed E-state index contributed by atoms with van der Waals surface area (Å²) in [6, 6.07) is 3.58. The van der Waals surface area contributed by atoms with E-state index in [-0.39, 0.29) is 5.75 Å². The fourth-order valence-electron chi connectivity index (χ4n) is 2.12. The van der Waals surface area contributed by atoms with E-state index >= 15 is 0 Å². The fourth-order valence-corrected chi connectivity index (χ4v) is 2.12. The summed E-state index contributed by atoms with van der Waals surface area (Å²) in [4.78, 5) is 0. The summed E-state index contributed by atoms with van der Waals surface area (Å²) in [5.74, 6) is 1.20. The molecule has 0 amide bonds. The quantitative estimate of drug-likeness (QED) is 0.744. The second-order valence-corrected chi connectivity index (χ2v) is 4.04. The van der Waals surface area contributed by atoms with Crippen LogP contribution in [0, 0.1) is 6.92 Å². The van der Waals surface area contributed by atoms with Crippen molar-refractivity contribution in [2.75, 3.05) is 0 Å². The average molecular weight is 208 g/mol. The number of ether oxygens (including phenoxy) is 1. The smallest absolute Gasteiger partial charge is 0.197 e. The topological polar surface area (TPSA) is 49.7 Å². The van der Waals surface area contributed by atoms with E-state index in [1.807, 2.05) is 6.07 Å². The molecule has 1 aliphatic rings. The minimum Gasteiger partial charge on any atom is -0.508 e. The molecular weight excluding hydrogens is 192 g/mol. The number of aromatic hydroxyl groups is 1. The van der Waals surface area contributed by atoms with Gasteiger partial charge in [-0.15, -0.1) is 0 Å². The van der Waals surface area contributed by atoms with E-state index in [0.29, 0.717) is 23.7 Å². The van der Waals surface area contributed by atoms with Gasteiger partial charge in [0.25, 0.3) is 0 Å². The molecule has 0 saturated carbocycles. The normalized spacial score (nSPS) is 24.5. The molecule has 3 heteroatoms. The molecule has 2 N–H and O–H groups in total. The Morgan fingerprint density at radius 2 is 2.20 bits per heavy atom. The van der Waals surface area contributed by atoms with Crippen LogP contribution in [0.2, 0.25) is 0 Å². The van der Waals surface area contributed by atoms with Crippen LogP contribution in [0.25, 0.3) is 0 Å². The van der Waals surface area contributed by atoms with Crippen LogP contribution in [0.15, 0.2) is 12.1 Å². The molecule has 1 aromatic rings. The number of hydrogen-bond donors (Lipinski definition) is 2. The summed E-state index contributed by atoms with van der Waals surface area (Å²) >= 11 is 0. The summed E-state index contributed by atoms with van der Waals surface area (Å²) in [6.07, 6.45) is 0.855. The largest absolute Gasteiger partial charge is 0.508 e. The Balaban J connectivity index is 2.51. The van der Waals surface area contributed by atoms with Gasteiger partial charge in [-0.05, 0) is 30.9 Å².